The summed E-state index contributed by atoms with van der Waals surface area (Å²) < 4.78 is 1.91. The summed E-state index contributed by atoms with van der Waals surface area (Å²) in [6.07, 6.45) is 9.32. The lowest BCUT2D eigenvalue weighted by Gasteiger charge is -2.37. The van der Waals surface area contributed by atoms with E-state index in [-0.39, 0.29) is 0 Å². The molecule has 122 valence electrons. The molecule has 1 aromatic carbocycles. The normalized spacial score (nSPS) is 23.4. The molecule has 1 aromatic heterocycles. The maximum absolute atomic E-state index is 4.29. The van der Waals surface area contributed by atoms with Gasteiger partial charge in [-0.15, -0.1) is 0 Å². The summed E-state index contributed by atoms with van der Waals surface area (Å²) in [5.74, 6) is 0. The molecule has 23 heavy (non-hydrogen) atoms. The van der Waals surface area contributed by atoms with Crippen LogP contribution in [-0.2, 0) is 6.54 Å². The van der Waals surface area contributed by atoms with Crippen molar-refractivity contribution in [3.8, 4) is 5.69 Å². The van der Waals surface area contributed by atoms with Gasteiger partial charge in [-0.25, -0.2) is 4.68 Å². The van der Waals surface area contributed by atoms with Crippen molar-refractivity contribution in [3.63, 3.8) is 0 Å². The molecule has 0 amide bonds. The average Bonchev–Trinajstić information content (AvgIpc) is 3.30. The smallest absolute Gasteiger partial charge is 0.0645 e. The standard InChI is InChI=1S/C19H26N4/c1-2-13-22(12-1)19-5-3-11-21(16-19)15-17-6-8-18(9-7-17)23-14-4-10-20-23/h4,6-10,14,19H,1-3,5,11-13,15-16H2. The molecule has 0 aliphatic carbocycles. The van der Waals surface area contributed by atoms with Gasteiger partial charge in [0.05, 0.1) is 5.69 Å². The molecule has 2 aromatic rings. The highest BCUT2D eigenvalue weighted by molar-refractivity contribution is 5.33. The fraction of sp³-hybridized carbons (Fsp3) is 0.526. The fourth-order valence-electron chi connectivity index (χ4n) is 4.01. The van der Waals surface area contributed by atoms with Crippen molar-refractivity contribution < 1.29 is 0 Å². The van der Waals surface area contributed by atoms with Gasteiger partial charge in [0.2, 0.25) is 0 Å². The minimum Gasteiger partial charge on any atom is -0.299 e. The highest BCUT2D eigenvalue weighted by Gasteiger charge is 2.26. The van der Waals surface area contributed by atoms with E-state index in [9.17, 15) is 0 Å². The van der Waals surface area contributed by atoms with Gasteiger partial charge in [0.1, 0.15) is 0 Å². The minimum atomic E-state index is 0.787. The Balaban J connectivity index is 1.37. The van der Waals surface area contributed by atoms with E-state index in [1.54, 1.807) is 0 Å². The zero-order valence-corrected chi connectivity index (χ0v) is 13.8. The van der Waals surface area contributed by atoms with Gasteiger partial charge >= 0.3 is 0 Å². The fourth-order valence-corrected chi connectivity index (χ4v) is 4.01. The molecule has 1 atom stereocenters. The van der Waals surface area contributed by atoms with Gasteiger partial charge in [-0.3, -0.25) is 9.80 Å². The Morgan fingerprint density at radius 3 is 2.57 bits per heavy atom. The SMILES string of the molecule is c1cnn(-c2ccc(CN3CCCC(N4CCCC4)C3)cc2)c1. The highest BCUT2D eigenvalue weighted by Crippen LogP contribution is 2.22. The van der Waals surface area contributed by atoms with Gasteiger partial charge in [-0.1, -0.05) is 12.1 Å². The molecular formula is C19H26N4. The molecule has 2 saturated heterocycles. The van der Waals surface area contributed by atoms with E-state index >= 15 is 0 Å². The van der Waals surface area contributed by atoms with E-state index < -0.39 is 0 Å². The molecule has 0 spiro atoms. The Morgan fingerprint density at radius 1 is 1.00 bits per heavy atom. The second-order valence-electron chi connectivity index (χ2n) is 6.89. The number of aromatic nitrogens is 2. The van der Waals surface area contributed by atoms with E-state index in [2.05, 4.69) is 39.2 Å². The van der Waals surface area contributed by atoms with Gasteiger partial charge in [-0.2, -0.15) is 5.10 Å². The summed E-state index contributed by atoms with van der Waals surface area (Å²) in [5, 5.41) is 4.29. The maximum atomic E-state index is 4.29. The van der Waals surface area contributed by atoms with Crippen LogP contribution in [0.4, 0.5) is 0 Å². The zero-order valence-electron chi connectivity index (χ0n) is 13.8. The molecule has 2 fully saturated rings. The predicted octanol–water partition coefficient (Wildman–Crippen LogP) is 2.93. The molecule has 4 rings (SSSR count). The van der Waals surface area contributed by atoms with Crippen LogP contribution >= 0.6 is 0 Å². The van der Waals surface area contributed by atoms with Crippen LogP contribution in [-0.4, -0.2) is 51.8 Å². The molecule has 1 unspecified atom stereocenters. The van der Waals surface area contributed by atoms with Gasteiger partial charge < -0.3 is 0 Å². The zero-order chi connectivity index (χ0) is 15.5. The van der Waals surface area contributed by atoms with Gasteiger partial charge in [0, 0.05) is 31.5 Å². The summed E-state index contributed by atoms with van der Waals surface area (Å²) >= 11 is 0. The summed E-state index contributed by atoms with van der Waals surface area (Å²) in [4.78, 5) is 5.35. The van der Waals surface area contributed by atoms with Gasteiger partial charge in [-0.05, 0) is 69.1 Å². The van der Waals surface area contributed by atoms with Crippen molar-refractivity contribution in [2.24, 2.45) is 0 Å². The number of benzene rings is 1. The predicted molar refractivity (Wildman–Crippen MR) is 92.7 cm³/mol. The van der Waals surface area contributed by atoms with Crippen LogP contribution < -0.4 is 0 Å². The molecule has 3 heterocycles. The summed E-state index contributed by atoms with van der Waals surface area (Å²) in [7, 11) is 0. The van der Waals surface area contributed by atoms with Gasteiger partial charge in [0.25, 0.3) is 0 Å². The second kappa shape index (κ2) is 6.85. The van der Waals surface area contributed by atoms with Crippen molar-refractivity contribution in [1.82, 2.24) is 19.6 Å². The topological polar surface area (TPSA) is 24.3 Å². The first-order chi connectivity index (χ1) is 11.4. The summed E-state index contributed by atoms with van der Waals surface area (Å²) in [6.45, 7) is 6.18. The van der Waals surface area contributed by atoms with Crippen LogP contribution in [0.1, 0.15) is 31.2 Å². The van der Waals surface area contributed by atoms with Crippen LogP contribution in [0.15, 0.2) is 42.7 Å². The third-order valence-electron chi connectivity index (χ3n) is 5.25. The third-order valence-corrected chi connectivity index (χ3v) is 5.25. The molecule has 4 nitrogen and oxygen atoms in total. The first-order valence-corrected chi connectivity index (χ1v) is 8.94. The van der Waals surface area contributed by atoms with E-state index in [0.717, 1.165) is 18.3 Å². The average molecular weight is 310 g/mol. The van der Waals surface area contributed by atoms with Crippen LogP contribution in [0.25, 0.3) is 5.69 Å². The van der Waals surface area contributed by atoms with Crippen LogP contribution in [0, 0.1) is 0 Å². The molecular weight excluding hydrogens is 284 g/mol. The van der Waals surface area contributed by atoms with Crippen LogP contribution in [0.2, 0.25) is 0 Å². The van der Waals surface area contributed by atoms with Crippen molar-refractivity contribution in [3.05, 3.63) is 48.3 Å². The molecule has 0 bridgehead atoms. The van der Waals surface area contributed by atoms with Crippen LogP contribution in [0.3, 0.4) is 0 Å². The number of piperidine rings is 1. The van der Waals surface area contributed by atoms with Crippen LogP contribution in [0.5, 0.6) is 0 Å². The highest BCUT2D eigenvalue weighted by atomic mass is 15.3. The Bertz CT molecular complexity index is 599. The second-order valence-corrected chi connectivity index (χ2v) is 6.89. The molecule has 2 aliphatic rings. The van der Waals surface area contributed by atoms with Gasteiger partial charge in [0.15, 0.2) is 0 Å². The Hall–Kier alpha value is -1.65. The van der Waals surface area contributed by atoms with E-state index in [0.29, 0.717) is 0 Å². The largest absolute Gasteiger partial charge is 0.299 e. The molecule has 2 aliphatic heterocycles. The number of hydrogen-bond acceptors (Lipinski definition) is 3. The summed E-state index contributed by atoms with van der Waals surface area (Å²) in [5.41, 5.74) is 2.54. The van der Waals surface area contributed by atoms with E-state index in [4.69, 9.17) is 0 Å². The quantitative estimate of drug-likeness (QED) is 0.868. The van der Waals surface area contributed by atoms with Crippen molar-refractivity contribution in [2.75, 3.05) is 26.2 Å². The third kappa shape index (κ3) is 3.48. The number of hydrogen-bond donors (Lipinski definition) is 0. The van der Waals surface area contributed by atoms with E-state index in [1.165, 1.54) is 57.4 Å². The van der Waals surface area contributed by atoms with Crippen molar-refractivity contribution in [1.29, 1.82) is 0 Å². The molecule has 4 heteroatoms. The Labute approximate surface area is 138 Å². The number of rotatable bonds is 4. The lowest BCUT2D eigenvalue weighted by Crippen LogP contribution is -2.46. The van der Waals surface area contributed by atoms with Crippen molar-refractivity contribution >= 4 is 0 Å². The number of likely N-dealkylation sites (tertiary alicyclic amines) is 2. The Kier molecular flexibility index (Phi) is 4.44. The lowest BCUT2D eigenvalue weighted by molar-refractivity contribution is 0.110. The molecule has 0 saturated carbocycles. The first-order valence-electron chi connectivity index (χ1n) is 8.94. The summed E-state index contributed by atoms with van der Waals surface area (Å²) in [6, 6.07) is 11.6. The van der Waals surface area contributed by atoms with Crippen molar-refractivity contribution in [2.45, 2.75) is 38.3 Å². The Morgan fingerprint density at radius 2 is 1.83 bits per heavy atom. The minimum absolute atomic E-state index is 0.787. The monoisotopic (exact) mass is 310 g/mol. The lowest BCUT2D eigenvalue weighted by atomic mass is 10.0. The first kappa shape index (κ1) is 14.9. The van der Waals surface area contributed by atoms with E-state index in [1.807, 2.05) is 23.1 Å². The maximum Gasteiger partial charge on any atom is 0.0645 e. The molecule has 0 N–H and O–H groups in total. The molecule has 0 radical (unpaired) electrons. The number of nitrogens with zero attached hydrogens (tertiary/aromatic N) is 4.